The van der Waals surface area contributed by atoms with Gasteiger partial charge in [0.2, 0.25) is 0 Å². The van der Waals surface area contributed by atoms with E-state index in [1.54, 1.807) is 20.8 Å². The third-order valence-electron chi connectivity index (χ3n) is 2.22. The minimum absolute atomic E-state index is 0.0622. The van der Waals surface area contributed by atoms with Crippen LogP contribution in [0.25, 0.3) is 0 Å². The van der Waals surface area contributed by atoms with Crippen molar-refractivity contribution in [3.8, 4) is 6.07 Å². The summed E-state index contributed by atoms with van der Waals surface area (Å²) in [6.45, 7) is 5.03. The van der Waals surface area contributed by atoms with Crippen molar-refractivity contribution in [2.75, 3.05) is 0 Å². The molecule has 0 aliphatic heterocycles. The zero-order chi connectivity index (χ0) is 16.0. The van der Waals surface area contributed by atoms with E-state index in [4.69, 9.17) is 15.1 Å². The molecule has 112 valence electrons. The summed E-state index contributed by atoms with van der Waals surface area (Å²) in [5.41, 5.74) is -0.246. The first-order chi connectivity index (χ1) is 9.71. The number of aromatic nitrogens is 2. The van der Waals surface area contributed by atoms with Gasteiger partial charge in [-0.3, -0.25) is 4.98 Å². The Bertz CT molecular complexity index is 557. The molecule has 0 aliphatic rings. The molecule has 0 aromatic carbocycles. The van der Waals surface area contributed by atoms with E-state index in [1.165, 1.54) is 12.4 Å². The molecular formula is C13H16N4O4. The topological polar surface area (TPSA) is 125 Å². The van der Waals surface area contributed by atoms with Crippen LogP contribution in [0.5, 0.6) is 0 Å². The summed E-state index contributed by atoms with van der Waals surface area (Å²) < 4.78 is 5.00. The van der Waals surface area contributed by atoms with Gasteiger partial charge in [0, 0.05) is 6.42 Å². The molecule has 8 nitrogen and oxygen atoms in total. The van der Waals surface area contributed by atoms with E-state index in [9.17, 15) is 9.59 Å². The van der Waals surface area contributed by atoms with Gasteiger partial charge in [0.25, 0.3) is 0 Å². The fourth-order valence-electron chi connectivity index (χ4n) is 1.38. The maximum absolute atomic E-state index is 11.6. The predicted octanol–water partition coefficient (Wildman–Crippen LogP) is 0.869. The van der Waals surface area contributed by atoms with Gasteiger partial charge in [-0.25, -0.2) is 14.6 Å². The SMILES string of the molecule is CC(C)(C)OC(=O)NC(Cc1cnc(C#N)cn1)C(=O)O. The Hall–Kier alpha value is -2.69. The van der Waals surface area contributed by atoms with Crippen molar-refractivity contribution in [3.63, 3.8) is 0 Å². The van der Waals surface area contributed by atoms with Crippen LogP contribution >= 0.6 is 0 Å². The number of rotatable bonds is 4. The number of carboxylic acids is 1. The van der Waals surface area contributed by atoms with Gasteiger partial charge < -0.3 is 15.2 Å². The Morgan fingerprint density at radius 3 is 2.52 bits per heavy atom. The number of nitriles is 1. The smallest absolute Gasteiger partial charge is 0.408 e. The summed E-state index contributed by atoms with van der Waals surface area (Å²) in [6, 6.07) is 0.616. The van der Waals surface area contributed by atoms with E-state index in [0.29, 0.717) is 5.69 Å². The van der Waals surface area contributed by atoms with E-state index >= 15 is 0 Å². The highest BCUT2D eigenvalue weighted by Gasteiger charge is 2.24. The molecular weight excluding hydrogens is 276 g/mol. The van der Waals surface area contributed by atoms with Crippen molar-refractivity contribution in [2.45, 2.75) is 38.8 Å². The Kier molecular flexibility index (Phi) is 5.18. The van der Waals surface area contributed by atoms with E-state index in [-0.39, 0.29) is 12.1 Å². The number of carboxylic acid groups (broad SMARTS) is 1. The molecule has 0 spiro atoms. The van der Waals surface area contributed by atoms with Crippen molar-refractivity contribution >= 4 is 12.1 Å². The summed E-state index contributed by atoms with van der Waals surface area (Å²) in [6.07, 6.45) is 1.65. The number of ether oxygens (including phenoxy) is 1. The fraction of sp³-hybridized carbons (Fsp3) is 0.462. The number of nitrogens with zero attached hydrogens (tertiary/aromatic N) is 3. The number of hydrogen-bond donors (Lipinski definition) is 2. The molecule has 0 saturated heterocycles. The van der Waals surface area contributed by atoms with Gasteiger partial charge >= 0.3 is 12.1 Å². The zero-order valence-corrected chi connectivity index (χ0v) is 12.0. The lowest BCUT2D eigenvalue weighted by Crippen LogP contribution is -2.44. The number of amides is 1. The number of alkyl carbamates (subject to hydrolysis) is 1. The molecule has 1 amide bonds. The highest BCUT2D eigenvalue weighted by Crippen LogP contribution is 2.07. The van der Waals surface area contributed by atoms with Crippen LogP contribution in [0.4, 0.5) is 4.79 Å². The standard InChI is InChI=1S/C13H16N4O4/c1-13(2,3)21-12(20)17-10(11(18)19)4-8-6-16-9(5-14)7-15-8/h6-7,10H,4H2,1-3H3,(H,17,20)(H,18,19). The summed E-state index contributed by atoms with van der Waals surface area (Å²) in [5, 5.41) is 20.0. The second-order valence-corrected chi connectivity index (χ2v) is 5.25. The molecule has 2 N–H and O–H groups in total. The molecule has 1 aromatic rings. The van der Waals surface area contributed by atoms with E-state index < -0.39 is 23.7 Å². The lowest BCUT2D eigenvalue weighted by Gasteiger charge is -2.21. The minimum atomic E-state index is -1.22. The number of hydrogen-bond acceptors (Lipinski definition) is 6. The maximum Gasteiger partial charge on any atom is 0.408 e. The minimum Gasteiger partial charge on any atom is -0.480 e. The van der Waals surface area contributed by atoms with Crippen molar-refractivity contribution in [1.29, 1.82) is 5.26 Å². The van der Waals surface area contributed by atoms with Crippen molar-refractivity contribution in [1.82, 2.24) is 15.3 Å². The largest absolute Gasteiger partial charge is 0.480 e. The number of carbonyl (C=O) groups excluding carboxylic acids is 1. The number of carbonyl (C=O) groups is 2. The second-order valence-electron chi connectivity index (χ2n) is 5.25. The molecule has 1 rings (SSSR count). The first kappa shape index (κ1) is 16.4. The molecule has 0 aliphatic carbocycles. The molecule has 1 unspecified atom stereocenters. The summed E-state index contributed by atoms with van der Waals surface area (Å²) in [4.78, 5) is 30.4. The molecule has 0 fully saturated rings. The van der Waals surface area contributed by atoms with Gasteiger partial charge in [-0.15, -0.1) is 0 Å². The molecule has 21 heavy (non-hydrogen) atoms. The highest BCUT2D eigenvalue weighted by molar-refractivity contribution is 5.80. The second kappa shape index (κ2) is 6.65. The lowest BCUT2D eigenvalue weighted by atomic mass is 10.1. The normalized spacial score (nSPS) is 12.1. The molecule has 1 atom stereocenters. The number of aliphatic carboxylic acids is 1. The monoisotopic (exact) mass is 292 g/mol. The van der Waals surface area contributed by atoms with Crippen LogP contribution in [0.15, 0.2) is 12.4 Å². The highest BCUT2D eigenvalue weighted by atomic mass is 16.6. The molecule has 1 heterocycles. The van der Waals surface area contributed by atoms with Crippen LogP contribution in [0.3, 0.4) is 0 Å². The van der Waals surface area contributed by atoms with E-state index in [2.05, 4.69) is 15.3 Å². The fourth-order valence-corrected chi connectivity index (χ4v) is 1.38. The van der Waals surface area contributed by atoms with Crippen molar-refractivity contribution in [3.05, 3.63) is 23.8 Å². The quantitative estimate of drug-likeness (QED) is 0.843. The Morgan fingerprint density at radius 2 is 2.10 bits per heavy atom. The Balaban J connectivity index is 2.72. The maximum atomic E-state index is 11.6. The third-order valence-corrected chi connectivity index (χ3v) is 2.22. The van der Waals surface area contributed by atoms with Gasteiger partial charge in [-0.05, 0) is 20.8 Å². The molecule has 0 saturated carbocycles. The van der Waals surface area contributed by atoms with Crippen LogP contribution in [-0.4, -0.2) is 38.8 Å². The molecule has 8 heteroatoms. The van der Waals surface area contributed by atoms with E-state index in [0.717, 1.165) is 0 Å². The summed E-state index contributed by atoms with van der Waals surface area (Å²) in [5.74, 6) is -1.22. The average molecular weight is 292 g/mol. The van der Waals surface area contributed by atoms with Gasteiger partial charge in [0.05, 0.1) is 18.1 Å². The average Bonchev–Trinajstić information content (AvgIpc) is 2.36. The van der Waals surface area contributed by atoms with Crippen LogP contribution in [0.2, 0.25) is 0 Å². The van der Waals surface area contributed by atoms with Crippen LogP contribution in [-0.2, 0) is 16.0 Å². The van der Waals surface area contributed by atoms with E-state index in [1.807, 2.05) is 6.07 Å². The van der Waals surface area contributed by atoms with Gasteiger partial charge in [-0.2, -0.15) is 5.26 Å². The zero-order valence-electron chi connectivity index (χ0n) is 12.0. The molecule has 1 aromatic heterocycles. The van der Waals surface area contributed by atoms with Gasteiger partial charge in [-0.1, -0.05) is 0 Å². The predicted molar refractivity (Wildman–Crippen MR) is 71.2 cm³/mol. The van der Waals surface area contributed by atoms with Gasteiger partial charge in [0.15, 0.2) is 5.69 Å². The Morgan fingerprint density at radius 1 is 1.43 bits per heavy atom. The molecule has 0 radical (unpaired) electrons. The lowest BCUT2D eigenvalue weighted by molar-refractivity contribution is -0.139. The van der Waals surface area contributed by atoms with Gasteiger partial charge in [0.1, 0.15) is 17.7 Å². The first-order valence-electron chi connectivity index (χ1n) is 6.14. The van der Waals surface area contributed by atoms with Crippen molar-refractivity contribution in [2.24, 2.45) is 0 Å². The number of nitrogens with one attached hydrogen (secondary N) is 1. The summed E-state index contributed by atoms with van der Waals surface area (Å²) >= 11 is 0. The molecule has 0 bridgehead atoms. The first-order valence-corrected chi connectivity index (χ1v) is 6.14. The van der Waals surface area contributed by atoms with Crippen molar-refractivity contribution < 1.29 is 19.4 Å². The van der Waals surface area contributed by atoms with Crippen LogP contribution in [0.1, 0.15) is 32.2 Å². The summed E-state index contributed by atoms with van der Waals surface area (Å²) in [7, 11) is 0. The van der Waals surface area contributed by atoms with Crippen LogP contribution < -0.4 is 5.32 Å². The third kappa shape index (κ3) is 5.86. The Labute approximate surface area is 121 Å². The van der Waals surface area contributed by atoms with Crippen LogP contribution in [0, 0.1) is 11.3 Å².